The summed E-state index contributed by atoms with van der Waals surface area (Å²) in [4.78, 5) is 36.1. The van der Waals surface area contributed by atoms with Crippen molar-refractivity contribution >= 4 is 23.5 Å². The molecule has 2 rings (SSSR count). The Morgan fingerprint density at radius 1 is 1.12 bits per heavy atom. The number of hydrogen-bond donors (Lipinski definition) is 1. The Morgan fingerprint density at radius 3 is 2.31 bits per heavy atom. The smallest absolute Gasteiger partial charge is 0.344 e. The number of anilines is 1. The van der Waals surface area contributed by atoms with Crippen molar-refractivity contribution in [1.82, 2.24) is 0 Å². The summed E-state index contributed by atoms with van der Waals surface area (Å²) in [7, 11) is 1.19. The normalized spacial score (nSPS) is 10.3. The molecular weight excluding hydrogens is 338 g/mol. The van der Waals surface area contributed by atoms with E-state index in [0.29, 0.717) is 6.61 Å². The third kappa shape index (κ3) is 4.30. The van der Waals surface area contributed by atoms with E-state index < -0.39 is 5.97 Å². The van der Waals surface area contributed by atoms with Crippen molar-refractivity contribution in [2.24, 2.45) is 0 Å². The average Bonchev–Trinajstić information content (AvgIpc) is 2.92. The lowest BCUT2D eigenvalue weighted by Crippen LogP contribution is -2.17. The first kappa shape index (κ1) is 19.2. The van der Waals surface area contributed by atoms with E-state index in [1.807, 2.05) is 6.92 Å². The molecule has 26 heavy (non-hydrogen) atoms. The number of Topliss-reactive ketones (excluding diaryl/α,β-unsaturated/α-hetero) is 1. The topological polar surface area (TPSA) is 94.8 Å². The Kier molecular flexibility index (Phi) is 6.16. The highest BCUT2D eigenvalue weighted by Gasteiger charge is 2.28. The number of nitrogens with one attached hydrogen (secondary N) is 1. The molecule has 0 saturated carbocycles. The van der Waals surface area contributed by atoms with E-state index in [1.165, 1.54) is 14.0 Å². The second kappa shape index (κ2) is 8.33. The number of carbonyl (C=O) groups is 3. The summed E-state index contributed by atoms with van der Waals surface area (Å²) in [6.07, 6.45) is 0.0716. The van der Waals surface area contributed by atoms with Gasteiger partial charge >= 0.3 is 5.97 Å². The number of methoxy groups -OCH3 is 1. The fourth-order valence-electron chi connectivity index (χ4n) is 2.58. The number of aryl methyl sites for hydroxylation is 1. The summed E-state index contributed by atoms with van der Waals surface area (Å²) < 4.78 is 15.5. The van der Waals surface area contributed by atoms with Gasteiger partial charge in [0, 0.05) is 0 Å². The number of benzene rings is 1. The molecule has 0 unspecified atom stereocenters. The second-order valence-electron chi connectivity index (χ2n) is 5.59. The highest BCUT2D eigenvalue weighted by Crippen LogP contribution is 2.28. The number of rotatable bonds is 7. The third-order valence-electron chi connectivity index (χ3n) is 3.68. The lowest BCUT2D eigenvalue weighted by molar-refractivity contribution is -0.115. The molecule has 0 radical (unpaired) electrons. The molecule has 2 aromatic rings. The van der Waals surface area contributed by atoms with Crippen LogP contribution in [0.25, 0.3) is 0 Å². The molecule has 1 aromatic carbocycles. The van der Waals surface area contributed by atoms with Crippen molar-refractivity contribution in [3.8, 4) is 5.75 Å². The molecule has 7 nitrogen and oxygen atoms in total. The van der Waals surface area contributed by atoms with Gasteiger partial charge in [0.1, 0.15) is 17.1 Å². The van der Waals surface area contributed by atoms with Crippen LogP contribution < -0.4 is 10.1 Å². The first-order valence-electron chi connectivity index (χ1n) is 8.11. The average molecular weight is 359 g/mol. The fourth-order valence-corrected chi connectivity index (χ4v) is 2.58. The van der Waals surface area contributed by atoms with Crippen molar-refractivity contribution in [1.29, 1.82) is 0 Å². The van der Waals surface area contributed by atoms with Gasteiger partial charge in [-0.15, -0.1) is 0 Å². The number of hydrogen-bond acceptors (Lipinski definition) is 6. The van der Waals surface area contributed by atoms with Crippen LogP contribution in [0.15, 0.2) is 28.7 Å². The molecular formula is C19H21NO6. The molecule has 0 saturated heterocycles. The third-order valence-corrected chi connectivity index (χ3v) is 3.68. The van der Waals surface area contributed by atoms with Crippen molar-refractivity contribution in [3.05, 3.63) is 46.7 Å². The predicted octanol–water partition coefficient (Wildman–Crippen LogP) is 3.16. The van der Waals surface area contributed by atoms with Gasteiger partial charge in [-0.3, -0.25) is 14.9 Å². The summed E-state index contributed by atoms with van der Waals surface area (Å²) >= 11 is 0. The van der Waals surface area contributed by atoms with Gasteiger partial charge in [-0.05, 0) is 38.5 Å². The SMILES string of the molecule is CCOc1ccc(CC(=O)Nc2oc(C)c(C(C)=O)c2C(=O)OC)cc1. The molecule has 0 atom stereocenters. The van der Waals surface area contributed by atoms with Crippen LogP contribution in [0.4, 0.5) is 5.88 Å². The zero-order valence-electron chi connectivity index (χ0n) is 15.2. The van der Waals surface area contributed by atoms with Gasteiger partial charge in [0.2, 0.25) is 11.8 Å². The number of furan rings is 1. The molecule has 1 aromatic heterocycles. The first-order chi connectivity index (χ1) is 12.4. The number of amides is 1. The number of carbonyl (C=O) groups excluding carboxylic acids is 3. The van der Waals surface area contributed by atoms with E-state index in [1.54, 1.807) is 31.2 Å². The van der Waals surface area contributed by atoms with Gasteiger partial charge in [0.05, 0.1) is 25.7 Å². The van der Waals surface area contributed by atoms with E-state index >= 15 is 0 Å². The summed E-state index contributed by atoms with van der Waals surface area (Å²) in [5, 5.41) is 2.54. The lowest BCUT2D eigenvalue weighted by Gasteiger charge is -2.06. The standard InChI is InChI=1S/C19H21NO6/c1-5-25-14-8-6-13(7-9-14)10-15(22)20-18-17(19(23)24-4)16(11(2)21)12(3)26-18/h6-9H,5,10H2,1-4H3,(H,20,22). The summed E-state index contributed by atoms with van der Waals surface area (Å²) in [5.74, 6) is -0.604. The Hall–Kier alpha value is -3.09. The maximum atomic E-state index is 12.3. The Morgan fingerprint density at radius 2 is 1.77 bits per heavy atom. The number of ether oxygens (including phenoxy) is 2. The van der Waals surface area contributed by atoms with Crippen LogP contribution in [0.1, 0.15) is 45.9 Å². The molecule has 0 aliphatic rings. The van der Waals surface area contributed by atoms with E-state index in [0.717, 1.165) is 11.3 Å². The summed E-state index contributed by atoms with van der Waals surface area (Å²) in [5.41, 5.74) is 0.798. The minimum atomic E-state index is -0.747. The summed E-state index contributed by atoms with van der Waals surface area (Å²) in [6.45, 7) is 5.31. The van der Waals surface area contributed by atoms with Crippen LogP contribution in [-0.2, 0) is 16.0 Å². The molecule has 1 heterocycles. The molecule has 1 amide bonds. The minimum Gasteiger partial charge on any atom is -0.494 e. The second-order valence-corrected chi connectivity index (χ2v) is 5.59. The highest BCUT2D eigenvalue weighted by molar-refractivity contribution is 6.10. The van der Waals surface area contributed by atoms with E-state index in [2.05, 4.69) is 5.32 Å². The van der Waals surface area contributed by atoms with Crippen LogP contribution in [0, 0.1) is 6.92 Å². The zero-order valence-corrected chi connectivity index (χ0v) is 15.2. The highest BCUT2D eigenvalue weighted by atomic mass is 16.5. The van der Waals surface area contributed by atoms with Gasteiger partial charge in [0.25, 0.3) is 0 Å². The fraction of sp³-hybridized carbons (Fsp3) is 0.316. The molecule has 0 bridgehead atoms. The quantitative estimate of drug-likeness (QED) is 0.603. The van der Waals surface area contributed by atoms with Crippen LogP contribution >= 0.6 is 0 Å². The van der Waals surface area contributed by atoms with Crippen molar-refractivity contribution in [2.75, 3.05) is 19.0 Å². The first-order valence-corrected chi connectivity index (χ1v) is 8.11. The maximum absolute atomic E-state index is 12.3. The lowest BCUT2D eigenvalue weighted by atomic mass is 10.1. The van der Waals surface area contributed by atoms with Crippen LogP contribution in [0.2, 0.25) is 0 Å². The van der Waals surface area contributed by atoms with Crippen molar-refractivity contribution in [3.63, 3.8) is 0 Å². The number of ketones is 1. The Bertz CT molecular complexity index is 819. The Balaban J connectivity index is 2.19. The molecule has 138 valence electrons. The number of esters is 1. The summed E-state index contributed by atoms with van der Waals surface area (Å²) in [6, 6.07) is 7.11. The molecule has 1 N–H and O–H groups in total. The van der Waals surface area contributed by atoms with E-state index in [9.17, 15) is 14.4 Å². The largest absolute Gasteiger partial charge is 0.494 e. The molecule has 0 spiro atoms. The van der Waals surface area contributed by atoms with Crippen LogP contribution in [0.5, 0.6) is 5.75 Å². The van der Waals surface area contributed by atoms with Crippen molar-refractivity contribution in [2.45, 2.75) is 27.2 Å². The van der Waals surface area contributed by atoms with Gasteiger partial charge in [0.15, 0.2) is 5.78 Å². The van der Waals surface area contributed by atoms with Crippen LogP contribution in [-0.4, -0.2) is 31.4 Å². The van der Waals surface area contributed by atoms with E-state index in [-0.39, 0.29) is 40.9 Å². The minimum absolute atomic E-state index is 0.0716. The van der Waals surface area contributed by atoms with Gasteiger partial charge in [-0.25, -0.2) is 4.79 Å². The van der Waals surface area contributed by atoms with Gasteiger partial charge in [-0.1, -0.05) is 12.1 Å². The molecule has 0 aliphatic carbocycles. The molecule has 7 heteroatoms. The zero-order chi connectivity index (χ0) is 19.3. The Labute approximate surface area is 151 Å². The monoisotopic (exact) mass is 359 g/mol. The van der Waals surface area contributed by atoms with Crippen molar-refractivity contribution < 1.29 is 28.3 Å². The van der Waals surface area contributed by atoms with Crippen LogP contribution in [0.3, 0.4) is 0 Å². The maximum Gasteiger partial charge on any atom is 0.344 e. The molecule has 0 aliphatic heterocycles. The predicted molar refractivity (Wildman–Crippen MR) is 94.7 cm³/mol. The van der Waals surface area contributed by atoms with Gasteiger partial charge in [-0.2, -0.15) is 0 Å². The van der Waals surface area contributed by atoms with E-state index in [4.69, 9.17) is 13.9 Å². The van der Waals surface area contributed by atoms with Gasteiger partial charge < -0.3 is 13.9 Å². The molecule has 0 fully saturated rings.